The Labute approximate surface area is 125 Å². The van der Waals surface area contributed by atoms with Gasteiger partial charge in [0.15, 0.2) is 0 Å². The van der Waals surface area contributed by atoms with Crippen molar-refractivity contribution in [3.8, 4) is 11.5 Å². The van der Waals surface area contributed by atoms with Crippen LogP contribution in [0.4, 0.5) is 0 Å². The Bertz CT molecular complexity index is 534. The minimum atomic E-state index is 0.587. The van der Waals surface area contributed by atoms with Crippen LogP contribution < -0.4 is 5.32 Å². The van der Waals surface area contributed by atoms with Gasteiger partial charge in [-0.05, 0) is 38.1 Å². The largest absolute Gasteiger partial charge is 0.419 e. The molecule has 0 unspecified atom stereocenters. The van der Waals surface area contributed by atoms with Gasteiger partial charge in [0.1, 0.15) is 0 Å². The predicted molar refractivity (Wildman–Crippen MR) is 81.7 cm³/mol. The maximum Gasteiger partial charge on any atom is 0.247 e. The fourth-order valence-corrected chi connectivity index (χ4v) is 2.64. The molecule has 1 fully saturated rings. The Kier molecular flexibility index (Phi) is 4.97. The maximum absolute atomic E-state index is 5.66. The molecule has 0 bridgehead atoms. The minimum absolute atomic E-state index is 0.587. The summed E-state index contributed by atoms with van der Waals surface area (Å²) in [6.45, 7) is 5.16. The first-order chi connectivity index (χ1) is 10.4. The molecule has 0 atom stereocenters. The molecule has 1 saturated heterocycles. The average molecular weight is 286 g/mol. The van der Waals surface area contributed by atoms with E-state index in [0.29, 0.717) is 18.3 Å². The first-order valence-corrected chi connectivity index (χ1v) is 7.73. The van der Waals surface area contributed by atoms with Crippen LogP contribution in [-0.2, 0) is 6.54 Å². The third kappa shape index (κ3) is 4.12. The van der Waals surface area contributed by atoms with Gasteiger partial charge in [-0.2, -0.15) is 0 Å². The molecule has 0 spiro atoms. The van der Waals surface area contributed by atoms with Crippen molar-refractivity contribution in [2.45, 2.75) is 25.8 Å². The van der Waals surface area contributed by atoms with Crippen molar-refractivity contribution in [1.29, 1.82) is 0 Å². The Balaban J connectivity index is 1.42. The van der Waals surface area contributed by atoms with Crippen LogP contribution in [0, 0.1) is 0 Å². The number of nitrogens with one attached hydrogen (secondary N) is 1. The Morgan fingerprint density at radius 1 is 1.05 bits per heavy atom. The van der Waals surface area contributed by atoms with Crippen LogP contribution in [-0.4, -0.2) is 41.3 Å². The van der Waals surface area contributed by atoms with Crippen molar-refractivity contribution in [3.05, 3.63) is 36.2 Å². The van der Waals surface area contributed by atoms with E-state index >= 15 is 0 Å². The lowest BCUT2D eigenvalue weighted by Gasteiger charge is -2.26. The molecule has 1 aliphatic rings. The number of benzene rings is 1. The number of piperidine rings is 1. The third-order valence-electron chi connectivity index (χ3n) is 3.82. The molecule has 1 aromatic carbocycles. The first kappa shape index (κ1) is 14.2. The van der Waals surface area contributed by atoms with Gasteiger partial charge in [0.25, 0.3) is 0 Å². The lowest BCUT2D eigenvalue weighted by molar-refractivity contribution is 0.228. The zero-order chi connectivity index (χ0) is 14.3. The van der Waals surface area contributed by atoms with Crippen LogP contribution in [0.2, 0.25) is 0 Å². The second-order valence-electron chi connectivity index (χ2n) is 5.45. The highest BCUT2D eigenvalue weighted by Crippen LogP contribution is 2.16. The molecule has 0 radical (unpaired) electrons. The van der Waals surface area contributed by atoms with E-state index in [-0.39, 0.29) is 0 Å². The molecular formula is C16H22N4O. The molecule has 3 rings (SSSR count). The molecule has 112 valence electrons. The lowest BCUT2D eigenvalue weighted by Crippen LogP contribution is -2.35. The highest BCUT2D eigenvalue weighted by atomic mass is 16.4. The third-order valence-corrected chi connectivity index (χ3v) is 3.82. The molecule has 1 N–H and O–H groups in total. The molecule has 0 saturated carbocycles. The van der Waals surface area contributed by atoms with Crippen molar-refractivity contribution in [1.82, 2.24) is 20.4 Å². The standard InChI is InChI=1S/C16H22N4O/c1-3-7-14(8-4-1)16-19-18-15(21-16)13-17-9-12-20-10-5-2-6-11-20/h1,3-4,7-8,17H,2,5-6,9-13H2. The number of aromatic nitrogens is 2. The van der Waals surface area contributed by atoms with E-state index in [1.807, 2.05) is 30.3 Å². The van der Waals surface area contributed by atoms with E-state index in [2.05, 4.69) is 20.4 Å². The topological polar surface area (TPSA) is 54.2 Å². The first-order valence-electron chi connectivity index (χ1n) is 7.73. The van der Waals surface area contributed by atoms with Gasteiger partial charge in [0, 0.05) is 18.7 Å². The second-order valence-corrected chi connectivity index (χ2v) is 5.45. The summed E-state index contributed by atoms with van der Waals surface area (Å²) in [7, 11) is 0. The summed E-state index contributed by atoms with van der Waals surface area (Å²) < 4.78 is 5.66. The van der Waals surface area contributed by atoms with Crippen LogP contribution in [0.5, 0.6) is 0 Å². The monoisotopic (exact) mass is 286 g/mol. The smallest absolute Gasteiger partial charge is 0.247 e. The van der Waals surface area contributed by atoms with Crippen molar-refractivity contribution in [3.63, 3.8) is 0 Å². The van der Waals surface area contributed by atoms with Crippen LogP contribution in [0.3, 0.4) is 0 Å². The van der Waals surface area contributed by atoms with Crippen molar-refractivity contribution < 1.29 is 4.42 Å². The molecule has 0 amide bonds. The zero-order valence-corrected chi connectivity index (χ0v) is 12.3. The van der Waals surface area contributed by atoms with Gasteiger partial charge in [-0.15, -0.1) is 10.2 Å². The van der Waals surface area contributed by atoms with Crippen LogP contribution in [0.25, 0.3) is 11.5 Å². The van der Waals surface area contributed by atoms with E-state index in [9.17, 15) is 0 Å². The fraction of sp³-hybridized carbons (Fsp3) is 0.500. The van der Waals surface area contributed by atoms with Crippen molar-refractivity contribution in [2.24, 2.45) is 0 Å². The second kappa shape index (κ2) is 7.33. The summed E-state index contributed by atoms with van der Waals surface area (Å²) in [5.74, 6) is 1.23. The van der Waals surface area contributed by atoms with E-state index < -0.39 is 0 Å². The van der Waals surface area contributed by atoms with Crippen LogP contribution >= 0.6 is 0 Å². The van der Waals surface area contributed by atoms with Crippen LogP contribution in [0.1, 0.15) is 25.2 Å². The molecule has 2 aromatic rings. The highest BCUT2D eigenvalue weighted by molar-refractivity contribution is 5.51. The normalized spacial score (nSPS) is 16.2. The number of likely N-dealkylation sites (tertiary alicyclic amines) is 1. The molecule has 0 aliphatic carbocycles. The highest BCUT2D eigenvalue weighted by Gasteiger charge is 2.10. The van der Waals surface area contributed by atoms with E-state index in [1.165, 1.54) is 32.4 Å². The average Bonchev–Trinajstić information content (AvgIpc) is 3.02. The summed E-state index contributed by atoms with van der Waals surface area (Å²) in [4.78, 5) is 2.51. The maximum atomic E-state index is 5.66. The Morgan fingerprint density at radius 2 is 1.86 bits per heavy atom. The molecule has 21 heavy (non-hydrogen) atoms. The number of hydrogen-bond acceptors (Lipinski definition) is 5. The van der Waals surface area contributed by atoms with Crippen molar-refractivity contribution in [2.75, 3.05) is 26.2 Å². The quantitative estimate of drug-likeness (QED) is 0.826. The van der Waals surface area contributed by atoms with Gasteiger partial charge in [-0.25, -0.2) is 0 Å². The number of hydrogen-bond donors (Lipinski definition) is 1. The summed E-state index contributed by atoms with van der Waals surface area (Å²) in [6, 6.07) is 9.86. The van der Waals surface area contributed by atoms with E-state index in [4.69, 9.17) is 4.42 Å². The summed E-state index contributed by atoms with van der Waals surface area (Å²) >= 11 is 0. The predicted octanol–water partition coefficient (Wildman–Crippen LogP) is 2.31. The van der Waals surface area contributed by atoms with Gasteiger partial charge in [0.2, 0.25) is 11.8 Å². The van der Waals surface area contributed by atoms with Gasteiger partial charge in [-0.3, -0.25) is 0 Å². The Hall–Kier alpha value is -1.72. The number of nitrogens with zero attached hydrogens (tertiary/aromatic N) is 3. The van der Waals surface area contributed by atoms with Gasteiger partial charge >= 0.3 is 0 Å². The number of rotatable bonds is 6. The van der Waals surface area contributed by atoms with Gasteiger partial charge < -0.3 is 14.6 Å². The summed E-state index contributed by atoms with van der Waals surface area (Å²) in [5, 5.41) is 11.5. The van der Waals surface area contributed by atoms with E-state index in [0.717, 1.165) is 18.7 Å². The minimum Gasteiger partial charge on any atom is -0.419 e. The van der Waals surface area contributed by atoms with Gasteiger partial charge in [0.05, 0.1) is 6.54 Å². The molecule has 5 nitrogen and oxygen atoms in total. The molecule has 2 heterocycles. The lowest BCUT2D eigenvalue weighted by atomic mass is 10.1. The summed E-state index contributed by atoms with van der Waals surface area (Å²) in [5.41, 5.74) is 0.963. The van der Waals surface area contributed by atoms with Gasteiger partial charge in [-0.1, -0.05) is 24.6 Å². The van der Waals surface area contributed by atoms with Crippen molar-refractivity contribution >= 4 is 0 Å². The molecule has 1 aliphatic heterocycles. The molecular weight excluding hydrogens is 264 g/mol. The fourth-order valence-electron chi connectivity index (χ4n) is 2.64. The molecule has 1 aromatic heterocycles. The SMILES string of the molecule is c1ccc(-c2nnc(CNCCN3CCCCC3)o2)cc1. The van der Waals surface area contributed by atoms with E-state index in [1.54, 1.807) is 0 Å². The molecule has 5 heteroatoms. The Morgan fingerprint density at radius 3 is 2.67 bits per heavy atom. The van der Waals surface area contributed by atoms with Crippen LogP contribution in [0.15, 0.2) is 34.7 Å². The zero-order valence-electron chi connectivity index (χ0n) is 12.3. The summed E-state index contributed by atoms with van der Waals surface area (Å²) in [6.07, 6.45) is 4.06.